The first-order chi connectivity index (χ1) is 13.4. The van der Waals surface area contributed by atoms with Crippen LogP contribution in [0.5, 0.6) is 0 Å². The lowest BCUT2D eigenvalue weighted by Gasteiger charge is -2.35. The van der Waals surface area contributed by atoms with Crippen molar-refractivity contribution in [2.45, 2.75) is 66.9 Å². The maximum Gasteiger partial charge on any atom is 0.116 e. The summed E-state index contributed by atoms with van der Waals surface area (Å²) in [7, 11) is 0. The number of hydrogen-bond acceptors (Lipinski definition) is 3. The fourth-order valence-electron chi connectivity index (χ4n) is 3.89. The van der Waals surface area contributed by atoms with E-state index in [1.807, 2.05) is 73.6 Å². The summed E-state index contributed by atoms with van der Waals surface area (Å²) in [5.41, 5.74) is 6.76. The molecule has 29 heavy (non-hydrogen) atoms. The predicted octanol–water partition coefficient (Wildman–Crippen LogP) is 6.63. The van der Waals surface area contributed by atoms with Crippen molar-refractivity contribution in [1.29, 1.82) is 5.41 Å². The van der Waals surface area contributed by atoms with Crippen molar-refractivity contribution in [2.75, 3.05) is 6.61 Å². The van der Waals surface area contributed by atoms with Gasteiger partial charge in [0.25, 0.3) is 0 Å². The van der Waals surface area contributed by atoms with Crippen molar-refractivity contribution >= 4 is 6.21 Å². The van der Waals surface area contributed by atoms with E-state index >= 15 is 0 Å². The summed E-state index contributed by atoms with van der Waals surface area (Å²) in [5, 5.41) is 18.7. The van der Waals surface area contributed by atoms with Gasteiger partial charge in [0.15, 0.2) is 0 Å². The van der Waals surface area contributed by atoms with Crippen molar-refractivity contribution in [3.05, 3.63) is 81.7 Å². The largest absolute Gasteiger partial charge is 0.494 e. The first kappa shape index (κ1) is 24.6. The Morgan fingerprint density at radius 1 is 1.21 bits per heavy atom. The van der Waals surface area contributed by atoms with Crippen LogP contribution in [-0.4, -0.2) is 23.5 Å². The summed E-state index contributed by atoms with van der Waals surface area (Å²) >= 11 is 0. The van der Waals surface area contributed by atoms with Gasteiger partial charge in [-0.15, -0.1) is 0 Å². The standard InChI is InChI=1S/C26H37NO2/c1-11-29-20(8)23(19(7)16(2)3)24(25(17(4)5)26(9,10)28)22-13-12-21(15-27)14-18(22)6/h12-15,24,27-28H,2,8,11H2,1,3-7,9-10H3/b23-19+,27-15?. The summed E-state index contributed by atoms with van der Waals surface area (Å²) in [5.74, 6) is 0.354. The average Bonchev–Trinajstić information content (AvgIpc) is 2.59. The third-order valence-electron chi connectivity index (χ3n) is 5.21. The van der Waals surface area contributed by atoms with Crippen molar-refractivity contribution < 1.29 is 9.84 Å². The maximum atomic E-state index is 11.1. The van der Waals surface area contributed by atoms with Crippen LogP contribution in [0.1, 0.15) is 71.1 Å². The van der Waals surface area contributed by atoms with Gasteiger partial charge < -0.3 is 15.3 Å². The molecule has 1 unspecified atom stereocenters. The molecular formula is C26H37NO2. The SMILES string of the molecule is C=C(C)/C(C)=C(\C(=C)OCC)C(C(=C(C)C)C(C)(C)O)c1ccc(C=N)cc1C. The number of benzene rings is 1. The first-order valence-corrected chi connectivity index (χ1v) is 10.1. The number of aliphatic hydroxyl groups is 1. The van der Waals surface area contributed by atoms with E-state index < -0.39 is 5.60 Å². The van der Waals surface area contributed by atoms with Crippen molar-refractivity contribution in [2.24, 2.45) is 0 Å². The zero-order valence-corrected chi connectivity index (χ0v) is 19.4. The Morgan fingerprint density at radius 2 is 1.79 bits per heavy atom. The molecule has 0 aliphatic heterocycles. The van der Waals surface area contributed by atoms with Crippen LogP contribution in [0.2, 0.25) is 0 Å². The molecule has 0 spiro atoms. The molecule has 0 aliphatic rings. The Kier molecular flexibility index (Phi) is 8.40. The maximum absolute atomic E-state index is 11.1. The quantitative estimate of drug-likeness (QED) is 0.213. The summed E-state index contributed by atoms with van der Waals surface area (Å²) in [6, 6.07) is 5.98. The molecule has 0 aromatic heterocycles. The molecule has 0 radical (unpaired) electrons. The van der Waals surface area contributed by atoms with Crippen molar-refractivity contribution in [3.63, 3.8) is 0 Å². The van der Waals surface area contributed by atoms with E-state index in [2.05, 4.69) is 13.2 Å². The second-order valence-corrected chi connectivity index (χ2v) is 8.34. The lowest BCUT2D eigenvalue weighted by atomic mass is 9.72. The molecule has 0 bridgehead atoms. The van der Waals surface area contributed by atoms with E-state index in [-0.39, 0.29) is 5.92 Å². The van der Waals surface area contributed by atoms with Gasteiger partial charge in [0.05, 0.1) is 12.2 Å². The average molecular weight is 396 g/mol. The molecule has 0 saturated carbocycles. The number of nitrogens with one attached hydrogen (secondary N) is 1. The normalized spacial score (nSPS) is 13.3. The molecule has 1 rings (SSSR count). The van der Waals surface area contributed by atoms with Gasteiger partial charge in [-0.2, -0.15) is 0 Å². The Morgan fingerprint density at radius 3 is 2.17 bits per heavy atom. The van der Waals surface area contributed by atoms with Crippen LogP contribution >= 0.6 is 0 Å². The topological polar surface area (TPSA) is 53.3 Å². The zero-order chi connectivity index (χ0) is 22.5. The summed E-state index contributed by atoms with van der Waals surface area (Å²) < 4.78 is 5.87. The molecule has 1 aromatic carbocycles. The monoisotopic (exact) mass is 395 g/mol. The van der Waals surface area contributed by atoms with Crippen LogP contribution in [0.4, 0.5) is 0 Å². The number of rotatable bonds is 9. The molecule has 0 heterocycles. The third-order valence-corrected chi connectivity index (χ3v) is 5.21. The molecule has 0 amide bonds. The van der Waals surface area contributed by atoms with Crippen LogP contribution in [0.15, 0.2) is 65.0 Å². The van der Waals surface area contributed by atoms with Crippen LogP contribution in [-0.2, 0) is 4.74 Å². The smallest absolute Gasteiger partial charge is 0.116 e. The highest BCUT2D eigenvalue weighted by Gasteiger charge is 2.35. The van der Waals surface area contributed by atoms with Gasteiger partial charge >= 0.3 is 0 Å². The molecule has 3 heteroatoms. The Labute approximate surface area is 177 Å². The third kappa shape index (κ3) is 5.80. The minimum atomic E-state index is -1.04. The van der Waals surface area contributed by atoms with E-state index in [4.69, 9.17) is 10.1 Å². The summed E-state index contributed by atoms with van der Waals surface area (Å²) in [6.07, 6.45) is 1.35. The highest BCUT2D eigenvalue weighted by Crippen LogP contribution is 2.45. The van der Waals surface area contributed by atoms with Gasteiger partial charge in [0, 0.05) is 17.7 Å². The van der Waals surface area contributed by atoms with E-state index in [0.29, 0.717) is 12.4 Å². The lowest BCUT2D eigenvalue weighted by molar-refractivity contribution is 0.112. The molecule has 0 fully saturated rings. The van der Waals surface area contributed by atoms with Gasteiger partial charge in [-0.3, -0.25) is 0 Å². The second-order valence-electron chi connectivity index (χ2n) is 8.34. The highest BCUT2D eigenvalue weighted by molar-refractivity contribution is 5.77. The molecule has 0 aliphatic carbocycles. The molecule has 2 N–H and O–H groups in total. The first-order valence-electron chi connectivity index (χ1n) is 10.1. The van der Waals surface area contributed by atoms with E-state index in [1.165, 1.54) is 6.21 Å². The summed E-state index contributed by atoms with van der Waals surface area (Å²) in [4.78, 5) is 0. The van der Waals surface area contributed by atoms with Gasteiger partial charge in [0.1, 0.15) is 5.76 Å². The van der Waals surface area contributed by atoms with Crippen LogP contribution < -0.4 is 0 Å². The van der Waals surface area contributed by atoms with Gasteiger partial charge in [-0.1, -0.05) is 42.5 Å². The molecular weight excluding hydrogens is 358 g/mol. The summed E-state index contributed by atoms with van der Waals surface area (Å²) in [6.45, 7) is 24.6. The minimum Gasteiger partial charge on any atom is -0.494 e. The fraction of sp³-hybridized carbons (Fsp3) is 0.423. The number of hydrogen-bond donors (Lipinski definition) is 2. The van der Waals surface area contributed by atoms with Crippen molar-refractivity contribution in [1.82, 2.24) is 0 Å². The molecule has 158 valence electrons. The fourth-order valence-corrected chi connectivity index (χ4v) is 3.89. The molecule has 1 atom stereocenters. The van der Waals surface area contributed by atoms with Gasteiger partial charge in [-0.05, 0) is 83.2 Å². The molecule has 0 saturated heterocycles. The van der Waals surface area contributed by atoms with Gasteiger partial charge in [0.2, 0.25) is 0 Å². The Hall–Kier alpha value is -2.39. The highest BCUT2D eigenvalue weighted by atomic mass is 16.5. The number of allylic oxidation sites excluding steroid dienone is 4. The number of aryl methyl sites for hydroxylation is 1. The molecule has 3 nitrogen and oxygen atoms in total. The molecule has 1 aromatic rings. The van der Waals surface area contributed by atoms with Crippen LogP contribution in [0.25, 0.3) is 0 Å². The lowest BCUT2D eigenvalue weighted by Crippen LogP contribution is -2.30. The predicted molar refractivity (Wildman–Crippen MR) is 125 cm³/mol. The van der Waals surface area contributed by atoms with Gasteiger partial charge in [-0.25, -0.2) is 0 Å². The Balaban J connectivity index is 4.05. The second kappa shape index (κ2) is 9.89. The van der Waals surface area contributed by atoms with Crippen molar-refractivity contribution in [3.8, 4) is 0 Å². The van der Waals surface area contributed by atoms with E-state index in [9.17, 15) is 5.11 Å². The van der Waals surface area contributed by atoms with E-state index in [0.717, 1.165) is 44.6 Å². The zero-order valence-electron chi connectivity index (χ0n) is 19.4. The minimum absolute atomic E-state index is 0.240. The number of ether oxygens (including phenoxy) is 1. The van der Waals surface area contributed by atoms with E-state index in [1.54, 1.807) is 0 Å². The van der Waals surface area contributed by atoms with Crippen LogP contribution in [0.3, 0.4) is 0 Å². The van der Waals surface area contributed by atoms with Crippen LogP contribution in [0, 0.1) is 12.3 Å². The Bertz CT molecular complexity index is 859.